The summed E-state index contributed by atoms with van der Waals surface area (Å²) in [6.45, 7) is 4.64. The van der Waals surface area contributed by atoms with Crippen molar-refractivity contribution in [1.82, 2.24) is 0 Å². The number of ether oxygens (including phenoxy) is 2. The lowest BCUT2D eigenvalue weighted by Crippen LogP contribution is -2.04. The molecule has 0 fully saturated rings. The maximum absolute atomic E-state index is 11.3. The van der Waals surface area contributed by atoms with Gasteiger partial charge >= 0.3 is 0 Å². The van der Waals surface area contributed by atoms with E-state index in [1.807, 2.05) is 0 Å². The van der Waals surface area contributed by atoms with Gasteiger partial charge in [0.2, 0.25) is 0 Å². The molecule has 0 spiro atoms. The highest BCUT2D eigenvalue weighted by molar-refractivity contribution is 8.13. The fourth-order valence-electron chi connectivity index (χ4n) is 1.57. The smallest absolute Gasteiger partial charge is 0.261 e. The lowest BCUT2D eigenvalue weighted by Gasteiger charge is -2.12. The Morgan fingerprint density at radius 1 is 1.17 bits per heavy atom. The maximum atomic E-state index is 11.3. The molecule has 0 saturated carbocycles. The summed E-state index contributed by atoms with van der Waals surface area (Å²) in [5.41, 5.74) is 1.33. The van der Waals surface area contributed by atoms with Crippen LogP contribution in [-0.4, -0.2) is 28.7 Å². The van der Waals surface area contributed by atoms with Crippen molar-refractivity contribution in [1.29, 1.82) is 0 Å². The van der Waals surface area contributed by atoms with E-state index in [2.05, 4.69) is 0 Å². The van der Waals surface area contributed by atoms with Crippen LogP contribution < -0.4 is 4.74 Å². The van der Waals surface area contributed by atoms with Crippen LogP contribution in [0, 0.1) is 13.8 Å². The van der Waals surface area contributed by atoms with Gasteiger partial charge in [0.05, 0.1) is 11.5 Å². The van der Waals surface area contributed by atoms with Crippen LogP contribution in [0.2, 0.25) is 0 Å². The molecule has 18 heavy (non-hydrogen) atoms. The van der Waals surface area contributed by atoms with Gasteiger partial charge in [-0.15, -0.1) is 0 Å². The van der Waals surface area contributed by atoms with Gasteiger partial charge in [0.25, 0.3) is 9.05 Å². The van der Waals surface area contributed by atoms with E-state index in [1.54, 1.807) is 27.0 Å². The van der Waals surface area contributed by atoms with Crippen molar-refractivity contribution in [3.05, 3.63) is 23.3 Å². The fraction of sp³-hybridized carbons (Fsp3) is 0.500. The molecule has 6 heteroatoms. The number of hydrogen-bond acceptors (Lipinski definition) is 4. The minimum absolute atomic E-state index is 0.130. The molecule has 102 valence electrons. The van der Waals surface area contributed by atoms with Gasteiger partial charge in [-0.3, -0.25) is 0 Å². The monoisotopic (exact) mass is 292 g/mol. The number of benzene rings is 1. The lowest BCUT2D eigenvalue weighted by molar-refractivity contribution is 0.172. The molecule has 0 aliphatic heterocycles. The number of hydrogen-bond donors (Lipinski definition) is 0. The molecule has 0 unspecified atom stereocenters. The molecule has 1 aromatic rings. The zero-order valence-corrected chi connectivity index (χ0v) is 12.3. The summed E-state index contributed by atoms with van der Waals surface area (Å²) in [5.74, 6) is 0.674. The van der Waals surface area contributed by atoms with Crippen LogP contribution >= 0.6 is 10.7 Å². The summed E-state index contributed by atoms with van der Waals surface area (Å²) in [6.07, 6.45) is 0.782. The second kappa shape index (κ2) is 6.41. The first-order chi connectivity index (χ1) is 8.36. The average molecular weight is 293 g/mol. The van der Waals surface area contributed by atoms with E-state index in [9.17, 15) is 8.42 Å². The SMILES string of the molecule is COCCCOc1cc(C)c(S(=O)(=O)Cl)cc1C. The maximum Gasteiger partial charge on any atom is 0.261 e. The molecule has 0 aliphatic carbocycles. The van der Waals surface area contributed by atoms with E-state index in [0.717, 1.165) is 12.0 Å². The van der Waals surface area contributed by atoms with E-state index >= 15 is 0 Å². The first-order valence-electron chi connectivity index (χ1n) is 5.54. The number of methoxy groups -OCH3 is 1. The third-order valence-electron chi connectivity index (χ3n) is 2.49. The molecule has 4 nitrogen and oxygen atoms in total. The predicted octanol–water partition coefficient (Wildman–Crippen LogP) is 2.65. The fourth-order valence-corrected chi connectivity index (χ4v) is 2.83. The molecule has 1 aromatic carbocycles. The van der Waals surface area contributed by atoms with Gasteiger partial charge in [-0.2, -0.15) is 0 Å². The summed E-state index contributed by atoms with van der Waals surface area (Å²) in [5, 5.41) is 0. The third kappa shape index (κ3) is 4.15. The Balaban J connectivity index is 2.87. The van der Waals surface area contributed by atoms with Crippen LogP contribution in [0.3, 0.4) is 0 Å². The molecule has 0 aliphatic rings. The van der Waals surface area contributed by atoms with Gasteiger partial charge in [-0.05, 0) is 37.1 Å². The number of halogens is 1. The Kier molecular flexibility index (Phi) is 5.44. The Morgan fingerprint density at radius 3 is 2.39 bits per heavy atom. The second-order valence-electron chi connectivity index (χ2n) is 4.02. The van der Waals surface area contributed by atoms with E-state index in [-0.39, 0.29) is 4.90 Å². The summed E-state index contributed by atoms with van der Waals surface area (Å²) < 4.78 is 33.1. The van der Waals surface area contributed by atoms with Crippen molar-refractivity contribution in [2.24, 2.45) is 0 Å². The normalized spacial score (nSPS) is 11.6. The van der Waals surface area contributed by atoms with E-state index in [4.69, 9.17) is 20.2 Å². The molecule has 1 rings (SSSR count). The minimum atomic E-state index is -3.71. The molecule has 0 N–H and O–H groups in total. The standard InChI is InChI=1S/C12H17ClO4S/c1-9-8-12(18(13,14)15)10(2)7-11(9)17-6-4-5-16-3/h7-8H,4-6H2,1-3H3. The zero-order chi connectivity index (χ0) is 13.8. The Hall–Kier alpha value is -0.780. The van der Waals surface area contributed by atoms with E-state index in [0.29, 0.717) is 24.5 Å². The zero-order valence-electron chi connectivity index (χ0n) is 10.7. The van der Waals surface area contributed by atoms with Gasteiger partial charge < -0.3 is 9.47 Å². The van der Waals surface area contributed by atoms with Gasteiger partial charge in [0.1, 0.15) is 5.75 Å². The van der Waals surface area contributed by atoms with Crippen LogP contribution in [0.4, 0.5) is 0 Å². The Morgan fingerprint density at radius 2 is 1.83 bits per heavy atom. The van der Waals surface area contributed by atoms with E-state index < -0.39 is 9.05 Å². The van der Waals surface area contributed by atoms with Crippen LogP contribution in [0.1, 0.15) is 17.5 Å². The number of rotatable bonds is 6. The van der Waals surface area contributed by atoms with Crippen molar-refractivity contribution in [2.45, 2.75) is 25.2 Å². The Labute approximate surface area is 112 Å². The predicted molar refractivity (Wildman–Crippen MR) is 70.9 cm³/mol. The summed E-state index contributed by atoms with van der Waals surface area (Å²) in [6, 6.07) is 3.22. The first kappa shape index (κ1) is 15.3. The molecule has 0 heterocycles. The van der Waals surface area contributed by atoms with Crippen LogP contribution in [-0.2, 0) is 13.8 Å². The van der Waals surface area contributed by atoms with Gasteiger partial charge in [0.15, 0.2) is 0 Å². The molecular weight excluding hydrogens is 276 g/mol. The topological polar surface area (TPSA) is 52.6 Å². The minimum Gasteiger partial charge on any atom is -0.493 e. The second-order valence-corrected chi connectivity index (χ2v) is 6.55. The van der Waals surface area contributed by atoms with Crippen molar-refractivity contribution >= 4 is 19.7 Å². The highest BCUT2D eigenvalue weighted by Gasteiger charge is 2.15. The van der Waals surface area contributed by atoms with E-state index in [1.165, 1.54) is 6.07 Å². The number of aryl methyl sites for hydroxylation is 2. The summed E-state index contributed by atoms with van der Waals surface area (Å²) in [7, 11) is 3.28. The highest BCUT2D eigenvalue weighted by Crippen LogP contribution is 2.27. The van der Waals surface area contributed by atoms with Crippen molar-refractivity contribution in [2.75, 3.05) is 20.3 Å². The quantitative estimate of drug-likeness (QED) is 0.597. The van der Waals surface area contributed by atoms with Crippen molar-refractivity contribution < 1.29 is 17.9 Å². The van der Waals surface area contributed by atoms with Crippen LogP contribution in [0.5, 0.6) is 5.75 Å². The van der Waals surface area contributed by atoms with Crippen molar-refractivity contribution in [3.8, 4) is 5.75 Å². The van der Waals surface area contributed by atoms with Crippen LogP contribution in [0.15, 0.2) is 17.0 Å². The Bertz CT molecular complexity index is 511. The lowest BCUT2D eigenvalue weighted by atomic mass is 10.1. The van der Waals surface area contributed by atoms with Crippen molar-refractivity contribution in [3.63, 3.8) is 0 Å². The van der Waals surface area contributed by atoms with Gasteiger partial charge in [0, 0.05) is 30.8 Å². The summed E-state index contributed by atoms with van der Waals surface area (Å²) >= 11 is 0. The highest BCUT2D eigenvalue weighted by atomic mass is 35.7. The molecule has 0 atom stereocenters. The van der Waals surface area contributed by atoms with Gasteiger partial charge in [-0.25, -0.2) is 8.42 Å². The molecule has 0 amide bonds. The molecule has 0 radical (unpaired) electrons. The molecule has 0 bridgehead atoms. The molecular formula is C12H17ClO4S. The average Bonchev–Trinajstić information content (AvgIpc) is 2.27. The summed E-state index contributed by atoms with van der Waals surface area (Å²) in [4.78, 5) is 0.130. The molecule has 0 saturated heterocycles. The first-order valence-corrected chi connectivity index (χ1v) is 7.85. The molecule has 0 aromatic heterocycles. The third-order valence-corrected chi connectivity index (χ3v) is 3.95. The largest absolute Gasteiger partial charge is 0.493 e. The van der Waals surface area contributed by atoms with Gasteiger partial charge in [-0.1, -0.05) is 0 Å². The van der Waals surface area contributed by atoms with Crippen LogP contribution in [0.25, 0.3) is 0 Å².